The highest BCUT2D eigenvalue weighted by Crippen LogP contribution is 2.19. The summed E-state index contributed by atoms with van der Waals surface area (Å²) in [6.45, 7) is 2.98. The summed E-state index contributed by atoms with van der Waals surface area (Å²) in [5.74, 6) is -1.36. The summed E-state index contributed by atoms with van der Waals surface area (Å²) >= 11 is 0. The van der Waals surface area contributed by atoms with Crippen LogP contribution in [0.3, 0.4) is 0 Å². The van der Waals surface area contributed by atoms with Gasteiger partial charge in [0.05, 0.1) is 6.42 Å². The van der Waals surface area contributed by atoms with Crippen molar-refractivity contribution in [1.29, 1.82) is 5.26 Å². The Morgan fingerprint density at radius 3 is 2.47 bits per heavy atom. The molecule has 0 aromatic carbocycles. The molecule has 0 saturated heterocycles. The van der Waals surface area contributed by atoms with Gasteiger partial charge in [-0.3, -0.25) is 14.2 Å². The third kappa shape index (κ3) is 2.28. The number of carbonyl (C=O) groups is 1. The fourth-order valence-corrected chi connectivity index (χ4v) is 1.50. The molecular weight excluding hydrogens is 224 g/mol. The number of aliphatic carboxylic acids is 1. The van der Waals surface area contributed by atoms with E-state index in [1.807, 2.05) is 0 Å². The maximum Gasteiger partial charge on any atom is 0.305 e. The Bertz CT molecular complexity index is 566. The lowest BCUT2D eigenvalue weighted by Gasteiger charge is -2.12. The van der Waals surface area contributed by atoms with Crippen LogP contribution in [-0.2, 0) is 11.3 Å². The third-order valence-corrected chi connectivity index (χ3v) is 2.65. The van der Waals surface area contributed by atoms with E-state index in [0.29, 0.717) is 11.1 Å². The monoisotopic (exact) mass is 236 g/mol. The van der Waals surface area contributed by atoms with Gasteiger partial charge in [0.25, 0.3) is 5.56 Å². The number of carboxylic acids is 1. The van der Waals surface area contributed by atoms with Crippen molar-refractivity contribution < 1.29 is 15.0 Å². The third-order valence-electron chi connectivity index (χ3n) is 2.65. The first-order valence-electron chi connectivity index (χ1n) is 4.95. The molecule has 1 aromatic heterocycles. The first-order chi connectivity index (χ1) is 7.90. The van der Waals surface area contributed by atoms with Crippen LogP contribution in [0.2, 0.25) is 0 Å². The van der Waals surface area contributed by atoms with Gasteiger partial charge in [-0.1, -0.05) is 0 Å². The van der Waals surface area contributed by atoms with Gasteiger partial charge in [0.15, 0.2) is 5.88 Å². The molecule has 0 aliphatic heterocycles. The summed E-state index contributed by atoms with van der Waals surface area (Å²) in [6.07, 6.45) is -0.291. The lowest BCUT2D eigenvalue weighted by atomic mass is 10.1. The Kier molecular flexibility index (Phi) is 3.53. The quantitative estimate of drug-likeness (QED) is 0.796. The summed E-state index contributed by atoms with van der Waals surface area (Å²) in [4.78, 5) is 22.2. The minimum atomic E-state index is -1.08. The van der Waals surface area contributed by atoms with Gasteiger partial charge in [-0.05, 0) is 19.4 Å². The predicted molar refractivity (Wildman–Crippen MR) is 58.8 cm³/mol. The molecule has 0 aliphatic carbocycles. The van der Waals surface area contributed by atoms with Crippen molar-refractivity contribution in [3.8, 4) is 11.9 Å². The predicted octanol–water partition coefficient (Wildman–Crippen LogP) is 0.517. The van der Waals surface area contributed by atoms with Crippen molar-refractivity contribution in [3.05, 3.63) is 27.0 Å². The molecule has 2 N–H and O–H groups in total. The van der Waals surface area contributed by atoms with Gasteiger partial charge in [-0.2, -0.15) is 5.26 Å². The van der Waals surface area contributed by atoms with E-state index in [1.165, 1.54) is 0 Å². The fraction of sp³-hybridized carbons (Fsp3) is 0.364. The van der Waals surface area contributed by atoms with E-state index in [-0.39, 0.29) is 24.4 Å². The molecule has 0 bridgehead atoms. The summed E-state index contributed by atoms with van der Waals surface area (Å²) in [7, 11) is 0. The number of nitriles is 1. The van der Waals surface area contributed by atoms with Gasteiger partial charge in [0.1, 0.15) is 11.6 Å². The van der Waals surface area contributed by atoms with Crippen molar-refractivity contribution in [3.63, 3.8) is 0 Å². The van der Waals surface area contributed by atoms with Gasteiger partial charge in [0, 0.05) is 12.1 Å². The second kappa shape index (κ2) is 4.70. The van der Waals surface area contributed by atoms with Gasteiger partial charge < -0.3 is 10.2 Å². The SMILES string of the molecule is Cc1c(C)c(O)n(CCC(=O)O)c(=O)c1C#N. The average Bonchev–Trinajstić information content (AvgIpc) is 2.26. The molecule has 6 nitrogen and oxygen atoms in total. The highest BCUT2D eigenvalue weighted by molar-refractivity contribution is 5.66. The molecule has 0 fully saturated rings. The minimum Gasteiger partial charge on any atom is -0.494 e. The molecule has 1 aromatic rings. The number of hydrogen-bond acceptors (Lipinski definition) is 4. The molecule has 0 aliphatic rings. The maximum absolute atomic E-state index is 11.8. The zero-order valence-corrected chi connectivity index (χ0v) is 9.52. The van der Waals surface area contributed by atoms with Crippen LogP contribution in [0.5, 0.6) is 5.88 Å². The number of aromatic nitrogens is 1. The van der Waals surface area contributed by atoms with Crippen LogP contribution in [0.4, 0.5) is 0 Å². The minimum absolute atomic E-state index is 0.0642. The Labute approximate surface area is 97.4 Å². The number of carboxylic acid groups (broad SMARTS) is 1. The number of aromatic hydroxyl groups is 1. The number of pyridine rings is 1. The van der Waals surface area contributed by atoms with E-state index in [9.17, 15) is 14.7 Å². The smallest absolute Gasteiger partial charge is 0.305 e. The Balaban J connectivity index is 3.41. The van der Waals surface area contributed by atoms with E-state index < -0.39 is 11.5 Å². The summed E-state index contributed by atoms with van der Waals surface area (Å²) in [6, 6.07) is 1.77. The van der Waals surface area contributed by atoms with Gasteiger partial charge >= 0.3 is 5.97 Å². The molecule has 0 saturated carbocycles. The maximum atomic E-state index is 11.8. The van der Waals surface area contributed by atoms with E-state index in [0.717, 1.165) is 4.57 Å². The van der Waals surface area contributed by atoms with Gasteiger partial charge in [-0.25, -0.2) is 0 Å². The molecular formula is C11H12N2O4. The molecule has 90 valence electrons. The number of hydrogen-bond donors (Lipinski definition) is 2. The largest absolute Gasteiger partial charge is 0.494 e. The van der Waals surface area contributed by atoms with Gasteiger partial charge in [0.2, 0.25) is 0 Å². The molecule has 0 spiro atoms. The van der Waals surface area contributed by atoms with Crippen LogP contribution in [0, 0.1) is 25.2 Å². The summed E-state index contributed by atoms with van der Waals surface area (Å²) in [5, 5.41) is 27.2. The zero-order valence-electron chi connectivity index (χ0n) is 9.52. The molecule has 17 heavy (non-hydrogen) atoms. The van der Waals surface area contributed by atoms with Crippen molar-refractivity contribution in [2.75, 3.05) is 0 Å². The molecule has 1 heterocycles. The van der Waals surface area contributed by atoms with Crippen LogP contribution in [0.15, 0.2) is 4.79 Å². The molecule has 0 radical (unpaired) electrons. The topological polar surface area (TPSA) is 103 Å². The lowest BCUT2D eigenvalue weighted by molar-refractivity contribution is -0.137. The highest BCUT2D eigenvalue weighted by Gasteiger charge is 2.16. The molecule has 0 unspecified atom stereocenters. The van der Waals surface area contributed by atoms with E-state index in [1.54, 1.807) is 19.9 Å². The zero-order chi connectivity index (χ0) is 13.2. The van der Waals surface area contributed by atoms with Crippen molar-refractivity contribution in [2.45, 2.75) is 26.8 Å². The molecule has 0 amide bonds. The Hall–Kier alpha value is -2.29. The fourth-order valence-electron chi connectivity index (χ4n) is 1.50. The average molecular weight is 236 g/mol. The van der Waals surface area contributed by atoms with Crippen LogP contribution < -0.4 is 5.56 Å². The summed E-state index contributed by atoms with van der Waals surface area (Å²) in [5.41, 5.74) is 0.105. The standard InChI is InChI=1S/C11H12N2O4/c1-6-7(2)10(16)13(4-3-9(14)15)11(17)8(6)5-12/h16H,3-4H2,1-2H3,(H,14,15). The molecule has 6 heteroatoms. The highest BCUT2D eigenvalue weighted by atomic mass is 16.4. The first-order valence-corrected chi connectivity index (χ1v) is 4.95. The molecule has 0 atom stereocenters. The van der Waals surface area contributed by atoms with E-state index >= 15 is 0 Å². The normalized spacial score (nSPS) is 9.94. The van der Waals surface area contributed by atoms with Crippen molar-refractivity contribution >= 4 is 5.97 Å². The van der Waals surface area contributed by atoms with Crippen molar-refractivity contribution in [2.24, 2.45) is 0 Å². The Morgan fingerprint density at radius 1 is 1.41 bits per heavy atom. The lowest BCUT2D eigenvalue weighted by Crippen LogP contribution is -2.25. The molecule has 1 rings (SSSR count). The van der Waals surface area contributed by atoms with Gasteiger partial charge in [-0.15, -0.1) is 0 Å². The van der Waals surface area contributed by atoms with Crippen LogP contribution in [0.25, 0.3) is 0 Å². The van der Waals surface area contributed by atoms with Crippen LogP contribution in [0.1, 0.15) is 23.1 Å². The Morgan fingerprint density at radius 2 is 2.00 bits per heavy atom. The first kappa shape index (κ1) is 12.8. The second-order valence-electron chi connectivity index (χ2n) is 3.66. The van der Waals surface area contributed by atoms with Crippen LogP contribution >= 0.6 is 0 Å². The van der Waals surface area contributed by atoms with Crippen LogP contribution in [-0.4, -0.2) is 20.7 Å². The second-order valence-corrected chi connectivity index (χ2v) is 3.66. The summed E-state index contributed by atoms with van der Waals surface area (Å²) < 4.78 is 0.912. The number of nitrogens with zero attached hydrogens (tertiary/aromatic N) is 2. The van der Waals surface area contributed by atoms with Crippen molar-refractivity contribution in [1.82, 2.24) is 4.57 Å². The van der Waals surface area contributed by atoms with E-state index in [2.05, 4.69) is 0 Å². The number of rotatable bonds is 3. The van der Waals surface area contributed by atoms with E-state index in [4.69, 9.17) is 10.4 Å².